The molecular weight excluding hydrogens is 727 g/mol. The Balaban J connectivity index is 0.950. The molecule has 11 aromatic rings. The van der Waals surface area contributed by atoms with Gasteiger partial charge in [-0.2, -0.15) is 5.26 Å². The van der Waals surface area contributed by atoms with Crippen molar-refractivity contribution in [2.45, 2.75) is 0 Å². The summed E-state index contributed by atoms with van der Waals surface area (Å²) in [6.45, 7) is 0. The maximum absolute atomic E-state index is 9.35. The van der Waals surface area contributed by atoms with Crippen molar-refractivity contribution in [1.29, 1.82) is 5.26 Å². The topological polar surface area (TPSA) is 49.6 Å². The average molecular weight is 762 g/mol. The number of nitriles is 1. The summed E-state index contributed by atoms with van der Waals surface area (Å²) in [5, 5.41) is 17.6. The first kappa shape index (κ1) is 35.0. The molecule has 0 fully saturated rings. The third-order valence-electron chi connectivity index (χ3n) is 11.8. The van der Waals surface area contributed by atoms with Crippen LogP contribution in [0.25, 0.3) is 110 Å². The summed E-state index contributed by atoms with van der Waals surface area (Å²) < 4.78 is 0. The van der Waals surface area contributed by atoms with Crippen LogP contribution >= 0.6 is 0 Å². The lowest BCUT2D eigenvalue weighted by atomic mass is 9.88. The Morgan fingerprint density at radius 1 is 0.300 bits per heavy atom. The van der Waals surface area contributed by atoms with Crippen LogP contribution in [-0.2, 0) is 0 Å². The number of rotatable bonds is 6. The van der Waals surface area contributed by atoms with Crippen molar-refractivity contribution < 1.29 is 0 Å². The second-order valence-electron chi connectivity index (χ2n) is 15.2. The van der Waals surface area contributed by atoms with Gasteiger partial charge in [-0.1, -0.05) is 194 Å². The number of aromatic nitrogens is 2. The van der Waals surface area contributed by atoms with E-state index in [1.807, 2.05) is 30.3 Å². The van der Waals surface area contributed by atoms with E-state index in [1.165, 1.54) is 60.1 Å². The van der Waals surface area contributed by atoms with Gasteiger partial charge in [0.2, 0.25) is 0 Å². The van der Waals surface area contributed by atoms with E-state index in [4.69, 9.17) is 9.97 Å². The monoisotopic (exact) mass is 761 g/mol. The van der Waals surface area contributed by atoms with E-state index in [-0.39, 0.29) is 0 Å². The van der Waals surface area contributed by atoms with Gasteiger partial charge in [0.25, 0.3) is 0 Å². The lowest BCUT2D eigenvalue weighted by Gasteiger charge is -2.16. The summed E-state index contributed by atoms with van der Waals surface area (Å²) in [4.78, 5) is 10.3. The largest absolute Gasteiger partial charge is 0.228 e. The molecule has 0 amide bonds. The molecule has 3 heteroatoms. The van der Waals surface area contributed by atoms with E-state index >= 15 is 0 Å². The fourth-order valence-corrected chi connectivity index (χ4v) is 8.81. The van der Waals surface area contributed by atoms with Crippen LogP contribution in [0.5, 0.6) is 0 Å². The highest BCUT2D eigenvalue weighted by molar-refractivity contribution is 6.12. The summed E-state index contributed by atoms with van der Waals surface area (Å²) in [5.41, 5.74) is 13.8. The van der Waals surface area contributed by atoms with E-state index < -0.39 is 0 Å². The summed E-state index contributed by atoms with van der Waals surface area (Å²) in [7, 11) is 0. The molecule has 0 aliphatic rings. The van der Waals surface area contributed by atoms with Crippen molar-refractivity contribution in [3.63, 3.8) is 0 Å². The SMILES string of the molecule is N#Cc1ccc(-c2ccc(-c3ccc(-c4ccc(-c5nc(-c6ccc(-c7cccc8ccccc78)cc6)c6ccccc6n5)cc4)c4ccccc34)c3ccccc23)cc1. The molecule has 1 heterocycles. The van der Waals surface area contributed by atoms with Crippen molar-refractivity contribution in [3.05, 3.63) is 218 Å². The van der Waals surface area contributed by atoms with Gasteiger partial charge < -0.3 is 0 Å². The van der Waals surface area contributed by atoms with Crippen molar-refractivity contribution in [2.24, 2.45) is 0 Å². The lowest BCUT2D eigenvalue weighted by molar-refractivity contribution is 1.23. The minimum Gasteiger partial charge on any atom is -0.228 e. The first-order valence-corrected chi connectivity index (χ1v) is 20.2. The Morgan fingerprint density at radius 2 is 0.717 bits per heavy atom. The highest BCUT2D eigenvalue weighted by atomic mass is 14.9. The van der Waals surface area contributed by atoms with Gasteiger partial charge in [0.05, 0.1) is 22.8 Å². The Bertz CT molecular complexity index is 3460. The predicted molar refractivity (Wildman–Crippen MR) is 249 cm³/mol. The van der Waals surface area contributed by atoms with Gasteiger partial charge in [-0.05, 0) is 95.0 Å². The first-order chi connectivity index (χ1) is 29.7. The summed E-state index contributed by atoms with van der Waals surface area (Å²) in [5.74, 6) is 0.699. The van der Waals surface area contributed by atoms with Crippen molar-refractivity contribution >= 4 is 43.2 Å². The number of fused-ring (bicyclic) bond motifs is 4. The zero-order chi connectivity index (χ0) is 40.0. The molecule has 10 aromatic carbocycles. The van der Waals surface area contributed by atoms with Crippen LogP contribution in [0.4, 0.5) is 0 Å². The van der Waals surface area contributed by atoms with E-state index in [1.54, 1.807) is 0 Å². The molecule has 0 saturated carbocycles. The highest BCUT2D eigenvalue weighted by Crippen LogP contribution is 2.41. The van der Waals surface area contributed by atoms with Crippen LogP contribution in [0.2, 0.25) is 0 Å². The third kappa shape index (κ3) is 6.07. The molecule has 0 aliphatic carbocycles. The second kappa shape index (κ2) is 14.6. The van der Waals surface area contributed by atoms with Gasteiger partial charge in [-0.25, -0.2) is 9.97 Å². The average Bonchev–Trinajstić information content (AvgIpc) is 3.33. The van der Waals surface area contributed by atoms with Crippen LogP contribution in [-0.4, -0.2) is 9.97 Å². The molecule has 0 saturated heterocycles. The molecule has 0 spiro atoms. The van der Waals surface area contributed by atoms with Crippen molar-refractivity contribution in [1.82, 2.24) is 9.97 Å². The van der Waals surface area contributed by atoms with E-state index in [2.05, 4.69) is 188 Å². The Labute approximate surface area is 348 Å². The maximum Gasteiger partial charge on any atom is 0.160 e. The number of benzene rings is 10. The predicted octanol–water partition coefficient (Wildman–Crippen LogP) is 15.0. The molecule has 0 radical (unpaired) electrons. The minimum absolute atomic E-state index is 0.659. The Kier molecular flexibility index (Phi) is 8.54. The fraction of sp³-hybridized carbons (Fsp3) is 0. The number of hydrogen-bond acceptors (Lipinski definition) is 3. The van der Waals surface area contributed by atoms with Crippen LogP contribution < -0.4 is 0 Å². The smallest absolute Gasteiger partial charge is 0.160 e. The zero-order valence-corrected chi connectivity index (χ0v) is 32.5. The quantitative estimate of drug-likeness (QED) is 0.170. The fourth-order valence-electron chi connectivity index (χ4n) is 8.81. The molecule has 0 atom stereocenters. The van der Waals surface area contributed by atoms with E-state index in [0.29, 0.717) is 11.4 Å². The zero-order valence-electron chi connectivity index (χ0n) is 32.5. The minimum atomic E-state index is 0.659. The first-order valence-electron chi connectivity index (χ1n) is 20.2. The summed E-state index contributed by atoms with van der Waals surface area (Å²) in [6, 6.07) is 77.1. The molecule has 0 N–H and O–H groups in total. The standard InChI is InChI=1S/C57H35N3/c58-36-37-20-22-39(23-21-37)46-32-34-52(50-15-5-3-13-48(46)50)53-35-33-47(49-14-4-6-16-51(49)53)41-26-30-43(31-27-41)57-59-55-19-8-7-17-54(55)56(60-57)42-28-24-40(25-29-42)45-18-9-11-38-10-1-2-12-44(38)45/h1-35H. The highest BCUT2D eigenvalue weighted by Gasteiger charge is 2.16. The normalized spacial score (nSPS) is 11.3. The van der Waals surface area contributed by atoms with Crippen LogP contribution in [0.1, 0.15) is 5.56 Å². The van der Waals surface area contributed by atoms with Gasteiger partial charge in [-0.15, -0.1) is 0 Å². The molecule has 278 valence electrons. The summed E-state index contributed by atoms with van der Waals surface area (Å²) in [6.07, 6.45) is 0. The molecule has 60 heavy (non-hydrogen) atoms. The van der Waals surface area contributed by atoms with E-state index in [0.717, 1.165) is 44.4 Å². The van der Waals surface area contributed by atoms with Gasteiger partial charge in [0.1, 0.15) is 0 Å². The number of hydrogen-bond donors (Lipinski definition) is 0. The van der Waals surface area contributed by atoms with Crippen LogP contribution in [0.15, 0.2) is 212 Å². The van der Waals surface area contributed by atoms with Gasteiger partial charge in [0.15, 0.2) is 5.82 Å². The molecular formula is C57H35N3. The second-order valence-corrected chi connectivity index (χ2v) is 15.2. The van der Waals surface area contributed by atoms with Gasteiger partial charge in [-0.3, -0.25) is 0 Å². The van der Waals surface area contributed by atoms with E-state index in [9.17, 15) is 5.26 Å². The van der Waals surface area contributed by atoms with Crippen LogP contribution in [0.3, 0.4) is 0 Å². The van der Waals surface area contributed by atoms with Gasteiger partial charge >= 0.3 is 0 Å². The Morgan fingerprint density at radius 3 is 1.30 bits per heavy atom. The molecule has 0 aliphatic heterocycles. The third-order valence-corrected chi connectivity index (χ3v) is 11.8. The molecule has 0 unspecified atom stereocenters. The number of nitrogens with zero attached hydrogens (tertiary/aromatic N) is 3. The molecule has 1 aromatic heterocycles. The van der Waals surface area contributed by atoms with Crippen molar-refractivity contribution in [2.75, 3.05) is 0 Å². The van der Waals surface area contributed by atoms with Crippen LogP contribution in [0, 0.1) is 11.3 Å². The molecule has 11 rings (SSSR count). The molecule has 3 nitrogen and oxygen atoms in total. The lowest BCUT2D eigenvalue weighted by Crippen LogP contribution is -1.95. The van der Waals surface area contributed by atoms with Crippen molar-refractivity contribution in [3.8, 4) is 73.2 Å². The maximum atomic E-state index is 9.35. The van der Waals surface area contributed by atoms with Gasteiger partial charge in [0, 0.05) is 16.5 Å². The number of para-hydroxylation sites is 1. The molecule has 0 bridgehead atoms. The Hall–Kier alpha value is -8.19. The summed E-state index contributed by atoms with van der Waals surface area (Å²) >= 11 is 0.